The predicted molar refractivity (Wildman–Crippen MR) is 105 cm³/mol. The maximum Gasteiger partial charge on any atom is 0.410 e. The minimum atomic E-state index is -0.234. The molecule has 2 aromatic rings. The monoisotopic (exact) mass is 404 g/mol. The Labute approximate surface area is 167 Å². The molecule has 0 spiro atoms. The first-order valence-electron chi connectivity index (χ1n) is 9.15. The highest BCUT2D eigenvalue weighted by atomic mass is 35.5. The van der Waals surface area contributed by atoms with E-state index in [4.69, 9.17) is 16.3 Å². The SMILES string of the molecule is O=C(c1sccc1Cl)N1CCC(N2C(=O)OCC2Cc2ccccc2)CC1. The summed E-state index contributed by atoms with van der Waals surface area (Å²) in [7, 11) is 0. The highest BCUT2D eigenvalue weighted by molar-refractivity contribution is 7.12. The average Bonchev–Trinajstić information content (AvgIpc) is 3.28. The minimum Gasteiger partial charge on any atom is -0.447 e. The van der Waals surface area contributed by atoms with E-state index in [1.165, 1.54) is 16.9 Å². The molecule has 1 aromatic heterocycles. The van der Waals surface area contributed by atoms with Crippen LogP contribution in [0.5, 0.6) is 0 Å². The summed E-state index contributed by atoms with van der Waals surface area (Å²) >= 11 is 7.47. The average molecular weight is 405 g/mol. The molecule has 1 atom stereocenters. The van der Waals surface area contributed by atoms with Crippen molar-refractivity contribution in [2.24, 2.45) is 0 Å². The predicted octanol–water partition coefficient (Wildman–Crippen LogP) is 4.07. The summed E-state index contributed by atoms with van der Waals surface area (Å²) in [5.41, 5.74) is 1.20. The first-order chi connectivity index (χ1) is 13.1. The maximum atomic E-state index is 12.6. The second kappa shape index (κ2) is 7.90. The quantitative estimate of drug-likeness (QED) is 0.771. The molecule has 0 N–H and O–H groups in total. The van der Waals surface area contributed by atoms with Crippen LogP contribution in [0.4, 0.5) is 4.79 Å². The fourth-order valence-electron chi connectivity index (χ4n) is 3.90. The van der Waals surface area contributed by atoms with E-state index in [0.717, 1.165) is 19.3 Å². The molecule has 2 saturated heterocycles. The molecule has 2 fully saturated rings. The third kappa shape index (κ3) is 3.82. The van der Waals surface area contributed by atoms with Crippen LogP contribution in [0.15, 0.2) is 41.8 Å². The number of benzene rings is 1. The van der Waals surface area contributed by atoms with E-state index in [2.05, 4.69) is 12.1 Å². The number of hydrogen-bond acceptors (Lipinski definition) is 4. The smallest absolute Gasteiger partial charge is 0.410 e. The number of halogens is 1. The first-order valence-corrected chi connectivity index (χ1v) is 10.4. The Bertz CT molecular complexity index is 818. The van der Waals surface area contributed by atoms with Crippen molar-refractivity contribution in [3.63, 3.8) is 0 Å². The number of carbonyl (C=O) groups is 2. The number of carbonyl (C=O) groups excluding carboxylic acids is 2. The topological polar surface area (TPSA) is 49.9 Å². The molecule has 1 unspecified atom stereocenters. The molecule has 2 aliphatic rings. The van der Waals surface area contributed by atoms with Crippen LogP contribution >= 0.6 is 22.9 Å². The zero-order valence-electron chi connectivity index (χ0n) is 14.8. The number of cyclic esters (lactones) is 1. The molecule has 4 rings (SSSR count). The highest BCUT2D eigenvalue weighted by Gasteiger charge is 2.40. The van der Waals surface area contributed by atoms with E-state index in [1.807, 2.05) is 33.4 Å². The second-order valence-electron chi connectivity index (χ2n) is 6.95. The van der Waals surface area contributed by atoms with Gasteiger partial charge in [-0.2, -0.15) is 0 Å². The molecule has 5 nitrogen and oxygen atoms in total. The molecular formula is C20H21ClN2O3S. The van der Waals surface area contributed by atoms with Gasteiger partial charge in [-0.25, -0.2) is 4.79 Å². The van der Waals surface area contributed by atoms with E-state index in [1.54, 1.807) is 6.07 Å². The van der Waals surface area contributed by atoms with Crippen LogP contribution in [0.3, 0.4) is 0 Å². The number of piperidine rings is 1. The van der Waals surface area contributed by atoms with Crippen LogP contribution < -0.4 is 0 Å². The molecule has 3 heterocycles. The van der Waals surface area contributed by atoms with E-state index in [-0.39, 0.29) is 24.1 Å². The molecule has 2 amide bonds. The summed E-state index contributed by atoms with van der Waals surface area (Å²) in [6.07, 6.45) is 2.07. The molecule has 0 radical (unpaired) electrons. The molecule has 0 saturated carbocycles. The number of rotatable bonds is 4. The molecule has 0 bridgehead atoms. The van der Waals surface area contributed by atoms with Crippen LogP contribution in [-0.4, -0.2) is 53.6 Å². The minimum absolute atomic E-state index is 0.0155. The number of amides is 2. The molecule has 1 aromatic carbocycles. The van der Waals surface area contributed by atoms with Crippen LogP contribution in [0, 0.1) is 0 Å². The lowest BCUT2D eigenvalue weighted by Gasteiger charge is -2.37. The van der Waals surface area contributed by atoms with Gasteiger partial charge in [-0.05, 0) is 36.3 Å². The zero-order valence-corrected chi connectivity index (χ0v) is 16.4. The molecule has 7 heteroatoms. The fourth-order valence-corrected chi connectivity index (χ4v) is 5.00. The second-order valence-corrected chi connectivity index (χ2v) is 8.27. The van der Waals surface area contributed by atoms with Crippen LogP contribution in [0.1, 0.15) is 28.1 Å². The summed E-state index contributed by atoms with van der Waals surface area (Å²) in [4.78, 5) is 29.3. The first kappa shape index (κ1) is 18.3. The van der Waals surface area contributed by atoms with E-state index >= 15 is 0 Å². The Morgan fingerprint density at radius 2 is 1.93 bits per heavy atom. The van der Waals surface area contributed by atoms with E-state index < -0.39 is 0 Å². The van der Waals surface area contributed by atoms with Gasteiger partial charge in [0.2, 0.25) is 0 Å². The highest BCUT2D eigenvalue weighted by Crippen LogP contribution is 2.28. The summed E-state index contributed by atoms with van der Waals surface area (Å²) in [5.74, 6) is -0.0155. The van der Waals surface area contributed by atoms with Gasteiger partial charge in [0, 0.05) is 19.1 Å². The van der Waals surface area contributed by atoms with Gasteiger partial charge in [-0.1, -0.05) is 41.9 Å². The maximum absolute atomic E-state index is 12.6. The van der Waals surface area contributed by atoms with Gasteiger partial charge in [-0.3, -0.25) is 9.69 Å². The van der Waals surface area contributed by atoms with Gasteiger partial charge in [0.05, 0.1) is 11.1 Å². The number of thiophene rings is 1. The van der Waals surface area contributed by atoms with Crippen molar-refractivity contribution in [2.45, 2.75) is 31.3 Å². The standard InChI is InChI=1S/C20H21ClN2O3S/c21-17-8-11-27-18(17)19(24)22-9-6-15(7-10-22)23-16(13-26-20(23)25)12-14-4-2-1-3-5-14/h1-5,8,11,15-16H,6-7,9-10,12-13H2. The van der Waals surface area contributed by atoms with Crippen molar-refractivity contribution in [1.82, 2.24) is 9.80 Å². The molecule has 0 aliphatic carbocycles. The Morgan fingerprint density at radius 3 is 2.59 bits per heavy atom. The summed E-state index contributed by atoms with van der Waals surface area (Å²) < 4.78 is 5.34. The van der Waals surface area contributed by atoms with Crippen molar-refractivity contribution in [1.29, 1.82) is 0 Å². The largest absolute Gasteiger partial charge is 0.447 e. The van der Waals surface area contributed by atoms with Gasteiger partial charge in [0.25, 0.3) is 5.91 Å². The summed E-state index contributed by atoms with van der Waals surface area (Å²) in [6, 6.07) is 12.1. The van der Waals surface area contributed by atoms with Crippen molar-refractivity contribution in [2.75, 3.05) is 19.7 Å². The van der Waals surface area contributed by atoms with Gasteiger partial charge in [-0.15, -0.1) is 11.3 Å². The third-order valence-electron chi connectivity index (χ3n) is 5.27. The zero-order chi connectivity index (χ0) is 18.8. The van der Waals surface area contributed by atoms with E-state index in [0.29, 0.717) is 29.6 Å². The van der Waals surface area contributed by atoms with Crippen LogP contribution in [0.2, 0.25) is 5.02 Å². The van der Waals surface area contributed by atoms with Crippen molar-refractivity contribution in [3.05, 3.63) is 57.2 Å². The number of nitrogens with zero attached hydrogens (tertiary/aromatic N) is 2. The van der Waals surface area contributed by atoms with Crippen LogP contribution in [-0.2, 0) is 11.2 Å². The molecule has 27 heavy (non-hydrogen) atoms. The molecular weight excluding hydrogens is 384 g/mol. The molecule has 2 aliphatic heterocycles. The van der Waals surface area contributed by atoms with Gasteiger partial charge in [0.1, 0.15) is 11.5 Å². The lowest BCUT2D eigenvalue weighted by molar-refractivity contribution is 0.0641. The Morgan fingerprint density at radius 1 is 1.19 bits per heavy atom. The van der Waals surface area contributed by atoms with Crippen LogP contribution in [0.25, 0.3) is 0 Å². The van der Waals surface area contributed by atoms with Gasteiger partial charge >= 0.3 is 6.09 Å². The number of hydrogen-bond donors (Lipinski definition) is 0. The third-order valence-corrected chi connectivity index (χ3v) is 6.60. The summed E-state index contributed by atoms with van der Waals surface area (Å²) in [6.45, 7) is 1.68. The summed E-state index contributed by atoms with van der Waals surface area (Å²) in [5, 5.41) is 2.34. The normalized spacial score (nSPS) is 20.8. The Balaban J connectivity index is 1.39. The van der Waals surface area contributed by atoms with Crippen molar-refractivity contribution in [3.8, 4) is 0 Å². The molecule has 142 valence electrons. The lowest BCUT2D eigenvalue weighted by Crippen LogP contribution is -2.50. The van der Waals surface area contributed by atoms with E-state index in [9.17, 15) is 9.59 Å². The Hall–Kier alpha value is -2.05. The Kier molecular flexibility index (Phi) is 5.36. The lowest BCUT2D eigenvalue weighted by atomic mass is 9.99. The van der Waals surface area contributed by atoms with Gasteiger partial charge in [0.15, 0.2) is 0 Å². The van der Waals surface area contributed by atoms with Crippen molar-refractivity contribution < 1.29 is 14.3 Å². The fraction of sp³-hybridized carbons (Fsp3) is 0.400. The number of ether oxygens (including phenoxy) is 1. The van der Waals surface area contributed by atoms with Crippen molar-refractivity contribution >= 4 is 34.9 Å². The van der Waals surface area contributed by atoms with Gasteiger partial charge < -0.3 is 9.64 Å². The number of likely N-dealkylation sites (tertiary alicyclic amines) is 1.